The first-order valence-corrected chi connectivity index (χ1v) is 6.34. The molecule has 0 N–H and O–H groups in total. The lowest BCUT2D eigenvalue weighted by atomic mass is 9.99. The summed E-state index contributed by atoms with van der Waals surface area (Å²) in [5.41, 5.74) is 0. The Kier molecular flexibility index (Phi) is 4.45. The molecule has 0 bridgehead atoms. The van der Waals surface area contributed by atoms with Crippen LogP contribution in [0.4, 0.5) is 0 Å². The van der Waals surface area contributed by atoms with Crippen molar-refractivity contribution < 1.29 is 14.3 Å². The second kappa shape index (κ2) is 5.39. The summed E-state index contributed by atoms with van der Waals surface area (Å²) in [7, 11) is 1.39. The lowest BCUT2D eigenvalue weighted by molar-refractivity contribution is -0.146. The molecule has 0 aromatic rings. The summed E-state index contributed by atoms with van der Waals surface area (Å²) in [6, 6.07) is 0. The second-order valence-electron chi connectivity index (χ2n) is 3.84. The molecule has 0 saturated carbocycles. The maximum atomic E-state index is 11.6. The van der Waals surface area contributed by atoms with Crippen molar-refractivity contribution in [3.63, 3.8) is 0 Å². The third-order valence-corrected chi connectivity index (χ3v) is 3.27. The highest BCUT2D eigenvalue weighted by Gasteiger charge is 2.37. The minimum absolute atomic E-state index is 0.112. The fourth-order valence-electron chi connectivity index (χ4n) is 1.84. The average Bonchev–Trinajstić information content (AvgIpc) is 2.60. The predicted molar refractivity (Wildman–Crippen MR) is 59.6 cm³/mol. The molecule has 1 saturated heterocycles. The number of methoxy groups -OCH3 is 1. The zero-order valence-corrected chi connectivity index (χ0v) is 10.2. The van der Waals surface area contributed by atoms with Gasteiger partial charge >= 0.3 is 5.97 Å². The average molecular weight is 231 g/mol. The number of carbonyl (C=O) groups excluding carboxylic acids is 2. The quantitative estimate of drug-likeness (QED) is 0.668. The molecule has 15 heavy (non-hydrogen) atoms. The lowest BCUT2D eigenvalue weighted by Gasteiger charge is -2.14. The van der Waals surface area contributed by atoms with Gasteiger partial charge in [0, 0.05) is 13.1 Å². The van der Waals surface area contributed by atoms with Crippen molar-refractivity contribution in [2.45, 2.75) is 6.92 Å². The van der Waals surface area contributed by atoms with Gasteiger partial charge in [-0.25, -0.2) is 0 Å². The zero-order chi connectivity index (χ0) is 11.4. The first-order valence-electron chi connectivity index (χ1n) is 4.94. The van der Waals surface area contributed by atoms with Gasteiger partial charge in [0.15, 0.2) is 0 Å². The van der Waals surface area contributed by atoms with E-state index in [9.17, 15) is 9.59 Å². The molecule has 0 aliphatic carbocycles. The van der Waals surface area contributed by atoms with Crippen LogP contribution in [0.25, 0.3) is 0 Å². The molecule has 5 heteroatoms. The van der Waals surface area contributed by atoms with Gasteiger partial charge in [-0.15, -0.1) is 0 Å². The van der Waals surface area contributed by atoms with Crippen LogP contribution in [-0.4, -0.2) is 49.0 Å². The highest BCUT2D eigenvalue weighted by Crippen LogP contribution is 2.24. The summed E-state index contributed by atoms with van der Waals surface area (Å²) in [4.78, 5) is 24.7. The third kappa shape index (κ3) is 2.87. The molecule has 0 aromatic carbocycles. The zero-order valence-electron chi connectivity index (χ0n) is 9.36. The molecule has 0 radical (unpaired) electrons. The van der Waals surface area contributed by atoms with Gasteiger partial charge in [-0.05, 0) is 12.2 Å². The van der Waals surface area contributed by atoms with Gasteiger partial charge in [-0.2, -0.15) is 11.8 Å². The Labute approximate surface area is 94.3 Å². The number of hydrogen-bond donors (Lipinski definition) is 0. The Morgan fingerprint density at radius 3 is 2.67 bits per heavy atom. The topological polar surface area (TPSA) is 46.6 Å². The van der Waals surface area contributed by atoms with Crippen LogP contribution in [0.3, 0.4) is 0 Å². The SMILES string of the molecule is COC(=O)C1CN(C(=O)CSC)CC1C. The van der Waals surface area contributed by atoms with E-state index in [4.69, 9.17) is 4.74 Å². The number of esters is 1. The van der Waals surface area contributed by atoms with Gasteiger partial charge in [-0.3, -0.25) is 9.59 Å². The van der Waals surface area contributed by atoms with Crippen molar-refractivity contribution in [2.24, 2.45) is 11.8 Å². The predicted octanol–water partition coefficient (Wildman–Crippen LogP) is 0.617. The van der Waals surface area contributed by atoms with Gasteiger partial charge in [-0.1, -0.05) is 6.92 Å². The van der Waals surface area contributed by atoms with E-state index in [2.05, 4.69) is 0 Å². The monoisotopic (exact) mass is 231 g/mol. The number of carbonyl (C=O) groups is 2. The molecule has 1 heterocycles. The summed E-state index contributed by atoms with van der Waals surface area (Å²) in [5.74, 6) is 0.437. The number of ether oxygens (including phenoxy) is 1. The molecule has 0 aromatic heterocycles. The van der Waals surface area contributed by atoms with Crippen molar-refractivity contribution in [2.75, 3.05) is 32.2 Å². The number of hydrogen-bond acceptors (Lipinski definition) is 4. The van der Waals surface area contributed by atoms with Gasteiger partial charge < -0.3 is 9.64 Å². The van der Waals surface area contributed by atoms with Gasteiger partial charge in [0.05, 0.1) is 18.8 Å². The first-order chi connectivity index (χ1) is 7.10. The molecular formula is C10H17NO3S. The molecule has 1 fully saturated rings. The largest absolute Gasteiger partial charge is 0.469 e. The van der Waals surface area contributed by atoms with Crippen molar-refractivity contribution in [3.8, 4) is 0 Å². The molecule has 86 valence electrons. The summed E-state index contributed by atoms with van der Waals surface area (Å²) in [6.45, 7) is 3.15. The molecule has 1 amide bonds. The number of rotatable bonds is 3. The summed E-state index contributed by atoms with van der Waals surface area (Å²) < 4.78 is 4.71. The third-order valence-electron chi connectivity index (χ3n) is 2.74. The molecule has 1 aliphatic rings. The van der Waals surface area contributed by atoms with Crippen LogP contribution in [-0.2, 0) is 14.3 Å². The molecule has 0 spiro atoms. The van der Waals surface area contributed by atoms with Crippen LogP contribution >= 0.6 is 11.8 Å². The number of amides is 1. The first kappa shape index (κ1) is 12.4. The fourth-order valence-corrected chi connectivity index (χ4v) is 2.27. The van der Waals surface area contributed by atoms with E-state index in [-0.39, 0.29) is 23.7 Å². The molecule has 4 nitrogen and oxygen atoms in total. The Bertz CT molecular complexity index is 257. The summed E-state index contributed by atoms with van der Waals surface area (Å²) in [6.07, 6.45) is 1.90. The molecule has 1 aliphatic heterocycles. The highest BCUT2D eigenvalue weighted by molar-refractivity contribution is 7.99. The van der Waals surface area contributed by atoms with E-state index in [0.29, 0.717) is 18.8 Å². The van der Waals surface area contributed by atoms with Gasteiger partial charge in [0.1, 0.15) is 0 Å². The lowest BCUT2D eigenvalue weighted by Crippen LogP contribution is -2.31. The molecule has 1 rings (SSSR count). The Hall–Kier alpha value is -0.710. The van der Waals surface area contributed by atoms with E-state index >= 15 is 0 Å². The maximum Gasteiger partial charge on any atom is 0.310 e. The summed E-state index contributed by atoms with van der Waals surface area (Å²) >= 11 is 1.51. The van der Waals surface area contributed by atoms with E-state index in [1.54, 1.807) is 4.90 Å². The molecule has 2 atom stereocenters. The Balaban J connectivity index is 2.55. The number of likely N-dealkylation sites (tertiary alicyclic amines) is 1. The molecular weight excluding hydrogens is 214 g/mol. The van der Waals surface area contributed by atoms with Gasteiger partial charge in [0.2, 0.25) is 5.91 Å². The van der Waals surface area contributed by atoms with Crippen molar-refractivity contribution in [1.82, 2.24) is 4.90 Å². The smallest absolute Gasteiger partial charge is 0.310 e. The molecule has 2 unspecified atom stereocenters. The van der Waals surface area contributed by atoms with E-state index in [0.717, 1.165) is 0 Å². The number of thioether (sulfide) groups is 1. The van der Waals surface area contributed by atoms with Crippen LogP contribution < -0.4 is 0 Å². The van der Waals surface area contributed by atoms with Crippen LogP contribution in [0.5, 0.6) is 0 Å². The standard InChI is InChI=1S/C10H17NO3S/c1-7-4-11(9(12)6-15-3)5-8(7)10(13)14-2/h7-8H,4-6H2,1-3H3. The normalized spacial score (nSPS) is 25.4. The Morgan fingerprint density at radius 2 is 2.13 bits per heavy atom. The van der Waals surface area contributed by atoms with E-state index in [1.165, 1.54) is 18.9 Å². The van der Waals surface area contributed by atoms with Crippen molar-refractivity contribution >= 4 is 23.6 Å². The second-order valence-corrected chi connectivity index (χ2v) is 4.70. The maximum absolute atomic E-state index is 11.6. The number of nitrogens with zero attached hydrogens (tertiary/aromatic N) is 1. The summed E-state index contributed by atoms with van der Waals surface area (Å²) in [5, 5.41) is 0. The van der Waals surface area contributed by atoms with E-state index in [1.807, 2.05) is 13.2 Å². The van der Waals surface area contributed by atoms with Crippen molar-refractivity contribution in [3.05, 3.63) is 0 Å². The minimum atomic E-state index is -0.207. The van der Waals surface area contributed by atoms with Crippen LogP contribution in [0.1, 0.15) is 6.92 Å². The van der Waals surface area contributed by atoms with Crippen LogP contribution in [0.2, 0.25) is 0 Å². The minimum Gasteiger partial charge on any atom is -0.469 e. The van der Waals surface area contributed by atoms with Crippen LogP contribution in [0, 0.1) is 11.8 Å². The van der Waals surface area contributed by atoms with Crippen molar-refractivity contribution in [1.29, 1.82) is 0 Å². The van der Waals surface area contributed by atoms with Crippen LogP contribution in [0.15, 0.2) is 0 Å². The van der Waals surface area contributed by atoms with E-state index < -0.39 is 0 Å². The fraction of sp³-hybridized carbons (Fsp3) is 0.800. The van der Waals surface area contributed by atoms with Gasteiger partial charge in [0.25, 0.3) is 0 Å². The highest BCUT2D eigenvalue weighted by atomic mass is 32.2. The Morgan fingerprint density at radius 1 is 1.47 bits per heavy atom.